The lowest BCUT2D eigenvalue weighted by Gasteiger charge is -2.18. The van der Waals surface area contributed by atoms with E-state index in [1.165, 1.54) is 12.1 Å². The highest BCUT2D eigenvalue weighted by molar-refractivity contribution is 7.91. The Hall–Kier alpha value is -2.71. The van der Waals surface area contributed by atoms with Gasteiger partial charge in [0.25, 0.3) is 0 Å². The summed E-state index contributed by atoms with van der Waals surface area (Å²) in [5.41, 5.74) is 0.525. The number of hydrogen-bond acceptors (Lipinski definition) is 7. The second-order valence-corrected chi connectivity index (χ2v) is 9.13. The molecule has 9 heteroatoms. The number of rotatable bonds is 5. The van der Waals surface area contributed by atoms with Crippen molar-refractivity contribution in [3.63, 3.8) is 0 Å². The first kappa shape index (κ1) is 18.3. The number of oxazole rings is 1. The number of halogens is 1. The monoisotopic (exact) mass is 432 g/mol. The molecule has 3 aromatic rings. The minimum Gasteiger partial charge on any atom is -0.486 e. The Morgan fingerprint density at radius 1 is 1.03 bits per heavy atom. The van der Waals surface area contributed by atoms with E-state index in [1.807, 2.05) is 0 Å². The van der Waals surface area contributed by atoms with E-state index in [0.717, 1.165) is 12.8 Å². The van der Waals surface area contributed by atoms with Crippen molar-refractivity contribution < 1.29 is 22.3 Å². The van der Waals surface area contributed by atoms with Gasteiger partial charge in [0.2, 0.25) is 26.6 Å². The Labute approximate surface area is 172 Å². The molecular formula is C20H17ClN2O5S. The minimum atomic E-state index is -3.97. The van der Waals surface area contributed by atoms with Crippen LogP contribution in [0, 0.1) is 0 Å². The molecule has 1 N–H and O–H groups in total. The maximum absolute atomic E-state index is 13.4. The van der Waals surface area contributed by atoms with Crippen LogP contribution in [-0.2, 0) is 9.84 Å². The first-order valence-electron chi connectivity index (χ1n) is 9.19. The number of sulfone groups is 1. The van der Waals surface area contributed by atoms with Gasteiger partial charge in [0, 0.05) is 12.1 Å². The molecule has 0 radical (unpaired) electrons. The first-order chi connectivity index (χ1) is 14.0. The quantitative estimate of drug-likeness (QED) is 0.646. The molecule has 0 atom stereocenters. The molecule has 0 saturated heterocycles. The highest BCUT2D eigenvalue weighted by Crippen LogP contribution is 2.39. The van der Waals surface area contributed by atoms with Crippen LogP contribution in [0.2, 0.25) is 5.02 Å². The topological polar surface area (TPSA) is 90.7 Å². The standard InChI is InChI=1S/C20H17ClN2O5S/c21-15-4-2-1-3-14(15)18-23-20(19(28-18)22-12-5-6-12)29(24,25)13-7-8-16-17(11-13)27-10-9-26-16/h1-4,7-8,11-12,22H,5-6,9-10H2. The number of hydrogen-bond donors (Lipinski definition) is 1. The van der Waals surface area contributed by atoms with Gasteiger partial charge in [0.15, 0.2) is 11.5 Å². The highest BCUT2D eigenvalue weighted by Gasteiger charge is 2.33. The molecule has 2 aliphatic rings. The average Bonchev–Trinajstić information content (AvgIpc) is 3.44. The summed E-state index contributed by atoms with van der Waals surface area (Å²) in [6.07, 6.45) is 1.90. The number of nitrogens with one attached hydrogen (secondary N) is 1. The van der Waals surface area contributed by atoms with Crippen LogP contribution < -0.4 is 14.8 Å². The fourth-order valence-corrected chi connectivity index (χ4v) is 4.54. The van der Waals surface area contributed by atoms with Crippen LogP contribution in [0.15, 0.2) is 56.8 Å². The molecule has 2 aromatic carbocycles. The van der Waals surface area contributed by atoms with Crippen molar-refractivity contribution >= 4 is 27.3 Å². The van der Waals surface area contributed by atoms with Crippen LogP contribution in [0.25, 0.3) is 11.5 Å². The van der Waals surface area contributed by atoms with Crippen LogP contribution >= 0.6 is 11.6 Å². The van der Waals surface area contributed by atoms with Gasteiger partial charge in [-0.15, -0.1) is 0 Å². The molecule has 0 spiro atoms. The van der Waals surface area contributed by atoms with Gasteiger partial charge in [-0.3, -0.25) is 0 Å². The van der Waals surface area contributed by atoms with Crippen molar-refractivity contribution in [3.05, 3.63) is 47.5 Å². The van der Waals surface area contributed by atoms with Crippen LogP contribution in [0.5, 0.6) is 11.5 Å². The maximum Gasteiger partial charge on any atom is 0.234 e. The summed E-state index contributed by atoms with van der Waals surface area (Å²) >= 11 is 6.25. The summed E-state index contributed by atoms with van der Waals surface area (Å²) in [5.74, 6) is 1.18. The van der Waals surface area contributed by atoms with Gasteiger partial charge in [-0.05, 0) is 37.1 Å². The first-order valence-corrected chi connectivity index (χ1v) is 11.1. The number of nitrogens with zero attached hydrogens (tertiary/aromatic N) is 1. The molecule has 7 nitrogen and oxygen atoms in total. The molecular weight excluding hydrogens is 416 g/mol. The second-order valence-electron chi connectivity index (χ2n) is 6.86. The number of fused-ring (bicyclic) bond motifs is 1. The minimum absolute atomic E-state index is 0.0552. The maximum atomic E-state index is 13.4. The number of ether oxygens (including phenoxy) is 2. The van der Waals surface area contributed by atoms with E-state index in [0.29, 0.717) is 35.3 Å². The lowest BCUT2D eigenvalue weighted by molar-refractivity contribution is 0.171. The molecule has 1 fully saturated rings. The Morgan fingerprint density at radius 2 is 1.79 bits per heavy atom. The van der Waals surface area contributed by atoms with E-state index in [2.05, 4.69) is 10.3 Å². The predicted octanol–water partition coefficient (Wildman–Crippen LogP) is 4.17. The smallest absolute Gasteiger partial charge is 0.234 e. The van der Waals surface area contributed by atoms with Gasteiger partial charge in [-0.1, -0.05) is 23.7 Å². The summed E-state index contributed by atoms with van der Waals surface area (Å²) in [7, 11) is -3.97. The fraction of sp³-hybridized carbons (Fsp3) is 0.250. The molecule has 1 aliphatic carbocycles. The van der Waals surface area contributed by atoms with Gasteiger partial charge >= 0.3 is 0 Å². The average molecular weight is 433 g/mol. The summed E-state index contributed by atoms with van der Waals surface area (Å²) in [4.78, 5) is 4.36. The van der Waals surface area contributed by atoms with Crippen molar-refractivity contribution in [2.75, 3.05) is 18.5 Å². The van der Waals surface area contributed by atoms with Crippen LogP contribution in [0.1, 0.15) is 12.8 Å². The van der Waals surface area contributed by atoms with Crippen LogP contribution in [-0.4, -0.2) is 32.7 Å². The van der Waals surface area contributed by atoms with Gasteiger partial charge in [0.05, 0.1) is 15.5 Å². The molecule has 1 aliphatic heterocycles. The third kappa shape index (κ3) is 3.42. The third-order valence-electron chi connectivity index (χ3n) is 4.69. The summed E-state index contributed by atoms with van der Waals surface area (Å²) in [5, 5.41) is 3.38. The molecule has 0 amide bonds. The van der Waals surface area contributed by atoms with Crippen LogP contribution in [0.4, 0.5) is 5.88 Å². The Morgan fingerprint density at radius 3 is 2.55 bits per heavy atom. The van der Waals surface area contributed by atoms with Gasteiger partial charge in [-0.2, -0.15) is 4.98 Å². The van der Waals surface area contributed by atoms with Gasteiger partial charge < -0.3 is 19.2 Å². The molecule has 150 valence electrons. The second kappa shape index (κ2) is 6.96. The Balaban J connectivity index is 1.61. The van der Waals surface area contributed by atoms with Gasteiger partial charge in [-0.25, -0.2) is 8.42 Å². The number of aromatic nitrogens is 1. The zero-order chi connectivity index (χ0) is 20.0. The van der Waals surface area contributed by atoms with Gasteiger partial charge in [0.1, 0.15) is 13.2 Å². The Kier molecular flexibility index (Phi) is 4.40. The number of anilines is 1. The molecule has 29 heavy (non-hydrogen) atoms. The number of benzene rings is 2. The van der Waals surface area contributed by atoms with Crippen molar-refractivity contribution in [2.45, 2.75) is 28.8 Å². The van der Waals surface area contributed by atoms with Crippen molar-refractivity contribution in [3.8, 4) is 23.0 Å². The SMILES string of the molecule is O=S(=O)(c1ccc2c(c1)OCCO2)c1nc(-c2ccccc2Cl)oc1NC1CC1. The molecule has 1 aromatic heterocycles. The largest absolute Gasteiger partial charge is 0.486 e. The van der Waals surface area contributed by atoms with E-state index in [1.54, 1.807) is 30.3 Å². The third-order valence-corrected chi connectivity index (χ3v) is 6.68. The van der Waals surface area contributed by atoms with E-state index >= 15 is 0 Å². The zero-order valence-electron chi connectivity index (χ0n) is 15.2. The molecule has 2 heterocycles. The molecule has 0 bridgehead atoms. The normalized spacial score (nSPS) is 15.9. The van der Waals surface area contributed by atoms with E-state index in [4.69, 9.17) is 25.5 Å². The fourth-order valence-electron chi connectivity index (χ4n) is 3.04. The lowest BCUT2D eigenvalue weighted by Crippen LogP contribution is -2.16. The van der Waals surface area contributed by atoms with Crippen molar-refractivity contribution in [1.29, 1.82) is 0 Å². The zero-order valence-corrected chi connectivity index (χ0v) is 16.8. The lowest BCUT2D eigenvalue weighted by atomic mass is 10.2. The molecule has 5 rings (SSSR count). The van der Waals surface area contributed by atoms with E-state index < -0.39 is 9.84 Å². The summed E-state index contributed by atoms with van der Waals surface area (Å²) in [6.45, 7) is 0.796. The van der Waals surface area contributed by atoms with Crippen LogP contribution in [0.3, 0.4) is 0 Å². The Bertz CT molecular complexity index is 1190. The van der Waals surface area contributed by atoms with Crippen molar-refractivity contribution in [2.24, 2.45) is 0 Å². The molecule has 1 saturated carbocycles. The predicted molar refractivity (Wildman–Crippen MR) is 106 cm³/mol. The van der Waals surface area contributed by atoms with E-state index in [-0.39, 0.29) is 27.7 Å². The van der Waals surface area contributed by atoms with E-state index in [9.17, 15) is 8.42 Å². The highest BCUT2D eigenvalue weighted by atomic mass is 35.5. The summed E-state index contributed by atoms with van der Waals surface area (Å²) < 4.78 is 43.6. The molecule has 0 unspecified atom stereocenters. The van der Waals surface area contributed by atoms with Crippen molar-refractivity contribution in [1.82, 2.24) is 4.98 Å². The summed E-state index contributed by atoms with van der Waals surface area (Å²) in [6, 6.07) is 11.7.